The highest BCUT2D eigenvalue weighted by molar-refractivity contribution is 6.01. The van der Waals surface area contributed by atoms with Crippen LogP contribution in [0.25, 0.3) is 0 Å². The lowest BCUT2D eigenvalue weighted by Gasteiger charge is -2.35. The molecule has 1 aromatic carbocycles. The van der Waals surface area contributed by atoms with E-state index in [4.69, 9.17) is 9.47 Å². The van der Waals surface area contributed by atoms with Crippen molar-refractivity contribution in [2.24, 2.45) is 11.8 Å². The van der Waals surface area contributed by atoms with Crippen molar-refractivity contribution in [3.8, 4) is 0 Å². The zero-order valence-electron chi connectivity index (χ0n) is 17.2. The van der Waals surface area contributed by atoms with Gasteiger partial charge in [-0.25, -0.2) is 0 Å². The van der Waals surface area contributed by atoms with E-state index < -0.39 is 29.4 Å². The van der Waals surface area contributed by atoms with Crippen molar-refractivity contribution in [1.82, 2.24) is 4.90 Å². The van der Waals surface area contributed by atoms with E-state index in [0.29, 0.717) is 12.1 Å². The quantitative estimate of drug-likeness (QED) is 0.554. The first kappa shape index (κ1) is 21.7. The molecule has 0 saturated heterocycles. The van der Waals surface area contributed by atoms with Crippen LogP contribution in [-0.2, 0) is 30.3 Å². The Hall–Kier alpha value is -2.63. The second-order valence-corrected chi connectivity index (χ2v) is 7.90. The zero-order valence-corrected chi connectivity index (χ0v) is 17.2. The molecule has 2 unspecified atom stereocenters. The molecule has 152 valence electrons. The van der Waals surface area contributed by atoms with Crippen LogP contribution in [0.1, 0.15) is 40.2 Å². The summed E-state index contributed by atoms with van der Waals surface area (Å²) in [7, 11) is 0. The van der Waals surface area contributed by atoms with Crippen molar-refractivity contribution >= 4 is 17.8 Å². The number of amides is 1. The van der Waals surface area contributed by atoms with Crippen LogP contribution >= 0.6 is 0 Å². The van der Waals surface area contributed by atoms with Gasteiger partial charge in [0, 0.05) is 11.6 Å². The van der Waals surface area contributed by atoms with E-state index in [0.717, 1.165) is 5.56 Å². The van der Waals surface area contributed by atoms with E-state index in [-0.39, 0.29) is 19.1 Å². The molecule has 0 aliphatic carbocycles. The van der Waals surface area contributed by atoms with Gasteiger partial charge in [-0.1, -0.05) is 36.4 Å². The van der Waals surface area contributed by atoms with Gasteiger partial charge < -0.3 is 14.4 Å². The van der Waals surface area contributed by atoms with Crippen LogP contribution in [0.3, 0.4) is 0 Å². The van der Waals surface area contributed by atoms with Crippen molar-refractivity contribution in [3.63, 3.8) is 0 Å². The van der Waals surface area contributed by atoms with E-state index >= 15 is 0 Å². The number of benzene rings is 1. The molecule has 28 heavy (non-hydrogen) atoms. The van der Waals surface area contributed by atoms with Gasteiger partial charge in [0.1, 0.15) is 18.1 Å². The third-order valence-corrected chi connectivity index (χ3v) is 4.40. The molecular formula is C22H29NO5. The number of hydrogen-bond donors (Lipinski definition) is 0. The highest BCUT2D eigenvalue weighted by Gasteiger charge is 2.42. The average Bonchev–Trinajstić information content (AvgIpc) is 2.58. The van der Waals surface area contributed by atoms with Crippen LogP contribution in [0.2, 0.25) is 0 Å². The van der Waals surface area contributed by atoms with Crippen LogP contribution in [0.4, 0.5) is 0 Å². The number of carbonyl (C=O) groups is 3. The molecule has 0 fully saturated rings. The summed E-state index contributed by atoms with van der Waals surface area (Å²) >= 11 is 0. The van der Waals surface area contributed by atoms with Gasteiger partial charge in [0.15, 0.2) is 0 Å². The first-order valence-corrected chi connectivity index (χ1v) is 9.54. The van der Waals surface area contributed by atoms with Gasteiger partial charge >= 0.3 is 11.9 Å². The molecule has 0 spiro atoms. The predicted octanol–water partition coefficient (Wildman–Crippen LogP) is 3.11. The second-order valence-electron chi connectivity index (χ2n) is 7.90. The Morgan fingerprint density at radius 3 is 2.36 bits per heavy atom. The Morgan fingerprint density at radius 2 is 1.79 bits per heavy atom. The molecule has 0 aromatic heterocycles. The van der Waals surface area contributed by atoms with Crippen LogP contribution in [0.5, 0.6) is 0 Å². The molecule has 6 heteroatoms. The van der Waals surface area contributed by atoms with E-state index in [1.165, 1.54) is 4.90 Å². The number of allylic oxidation sites excluding steroid dienone is 2. The lowest BCUT2D eigenvalue weighted by Crippen LogP contribution is -2.48. The maximum atomic E-state index is 13.1. The highest BCUT2D eigenvalue weighted by atomic mass is 16.6. The standard InChI is InChI=1S/C22H29NO5/c1-6-27-21(26)19-17(13-16-10-8-7-9-11-16)12-15(2)23(20(19)25)14-18(24)28-22(3,4)5/h7-12,17,19H,6,13-14H2,1-5H3. The SMILES string of the molecule is CCOC(=O)C1C(=O)N(CC(=O)OC(C)(C)C)C(C)=CC1Cc1ccccc1. The smallest absolute Gasteiger partial charge is 0.326 e. The van der Waals surface area contributed by atoms with E-state index in [1.54, 1.807) is 34.6 Å². The largest absolute Gasteiger partial charge is 0.465 e. The number of nitrogens with zero attached hydrogens (tertiary/aromatic N) is 1. The lowest BCUT2D eigenvalue weighted by atomic mass is 9.82. The minimum Gasteiger partial charge on any atom is -0.465 e. The van der Waals surface area contributed by atoms with Crippen molar-refractivity contribution < 1.29 is 23.9 Å². The number of esters is 2. The van der Waals surface area contributed by atoms with E-state index in [9.17, 15) is 14.4 Å². The monoisotopic (exact) mass is 387 g/mol. The fraction of sp³-hybridized carbons (Fsp3) is 0.500. The van der Waals surface area contributed by atoms with Crippen molar-refractivity contribution in [2.75, 3.05) is 13.2 Å². The van der Waals surface area contributed by atoms with Crippen LogP contribution < -0.4 is 0 Å². The fourth-order valence-electron chi connectivity index (χ4n) is 3.30. The normalized spacial score (nSPS) is 19.8. The molecule has 0 radical (unpaired) electrons. The van der Waals surface area contributed by atoms with E-state index in [2.05, 4.69) is 0 Å². The van der Waals surface area contributed by atoms with Crippen molar-refractivity contribution in [1.29, 1.82) is 0 Å². The minimum atomic E-state index is -0.980. The third-order valence-electron chi connectivity index (χ3n) is 4.40. The average molecular weight is 387 g/mol. The lowest BCUT2D eigenvalue weighted by molar-refractivity contribution is -0.164. The Bertz CT molecular complexity index is 748. The summed E-state index contributed by atoms with van der Waals surface area (Å²) in [6.45, 7) is 8.73. The molecule has 1 amide bonds. The maximum Gasteiger partial charge on any atom is 0.326 e. The summed E-state index contributed by atoms with van der Waals surface area (Å²) in [5.74, 6) is -2.82. The summed E-state index contributed by atoms with van der Waals surface area (Å²) in [4.78, 5) is 39.2. The second kappa shape index (κ2) is 9.04. The molecule has 6 nitrogen and oxygen atoms in total. The molecule has 1 aliphatic heterocycles. The molecule has 0 saturated carbocycles. The molecule has 2 atom stereocenters. The molecule has 1 aliphatic rings. The zero-order chi connectivity index (χ0) is 20.9. The molecule has 0 N–H and O–H groups in total. The molecule has 2 rings (SSSR count). The highest BCUT2D eigenvalue weighted by Crippen LogP contribution is 2.30. The molecular weight excluding hydrogens is 358 g/mol. The topological polar surface area (TPSA) is 72.9 Å². The molecule has 1 aromatic rings. The first-order valence-electron chi connectivity index (χ1n) is 9.54. The van der Waals surface area contributed by atoms with Gasteiger partial charge in [-0.05, 0) is 46.6 Å². The molecule has 1 heterocycles. The fourth-order valence-corrected chi connectivity index (χ4v) is 3.30. The van der Waals surface area contributed by atoms with Gasteiger partial charge in [-0.15, -0.1) is 0 Å². The number of carbonyl (C=O) groups excluding carboxylic acids is 3. The van der Waals surface area contributed by atoms with E-state index in [1.807, 2.05) is 36.4 Å². The number of rotatable bonds is 6. The summed E-state index contributed by atoms with van der Waals surface area (Å²) < 4.78 is 10.5. The first-order chi connectivity index (χ1) is 13.1. The summed E-state index contributed by atoms with van der Waals surface area (Å²) in [6, 6.07) is 9.68. The van der Waals surface area contributed by atoms with Gasteiger partial charge in [0.2, 0.25) is 5.91 Å². The maximum absolute atomic E-state index is 13.1. The Morgan fingerprint density at radius 1 is 1.14 bits per heavy atom. The third kappa shape index (κ3) is 5.68. The minimum absolute atomic E-state index is 0.190. The Labute approximate surface area is 166 Å². The van der Waals surface area contributed by atoms with Gasteiger partial charge in [-0.3, -0.25) is 14.4 Å². The summed E-state index contributed by atoms with van der Waals surface area (Å²) in [6.07, 6.45) is 2.41. The molecule has 0 bridgehead atoms. The Kier molecular flexibility index (Phi) is 7.00. The van der Waals surface area contributed by atoms with Gasteiger partial charge in [0.25, 0.3) is 0 Å². The van der Waals surface area contributed by atoms with Crippen molar-refractivity contribution in [2.45, 2.75) is 46.6 Å². The summed E-state index contributed by atoms with van der Waals surface area (Å²) in [5.41, 5.74) is 1.01. The van der Waals surface area contributed by atoms with Crippen LogP contribution in [0, 0.1) is 11.8 Å². The van der Waals surface area contributed by atoms with Crippen LogP contribution in [0.15, 0.2) is 42.1 Å². The van der Waals surface area contributed by atoms with Gasteiger partial charge in [0.05, 0.1) is 6.61 Å². The number of hydrogen-bond acceptors (Lipinski definition) is 5. The van der Waals surface area contributed by atoms with Crippen molar-refractivity contribution in [3.05, 3.63) is 47.7 Å². The predicted molar refractivity (Wildman–Crippen MR) is 105 cm³/mol. The number of ether oxygens (including phenoxy) is 2. The van der Waals surface area contributed by atoms with Gasteiger partial charge in [-0.2, -0.15) is 0 Å². The Balaban J connectivity index is 2.28. The van der Waals surface area contributed by atoms with Crippen LogP contribution in [-0.4, -0.2) is 41.5 Å². The summed E-state index contributed by atoms with van der Waals surface area (Å²) in [5, 5.41) is 0.